The van der Waals surface area contributed by atoms with Crippen LogP contribution < -0.4 is 5.32 Å². The number of nitrogens with one attached hydrogen (secondary N) is 1. The summed E-state index contributed by atoms with van der Waals surface area (Å²) in [4.78, 5) is 0. The Kier molecular flexibility index (Phi) is 7.76. The van der Waals surface area contributed by atoms with Crippen LogP contribution >= 0.6 is 0 Å². The van der Waals surface area contributed by atoms with Gasteiger partial charge in [0.2, 0.25) is 0 Å². The van der Waals surface area contributed by atoms with E-state index >= 15 is 0 Å². The zero-order valence-corrected chi connectivity index (χ0v) is 14.1. The molecule has 0 aromatic heterocycles. The van der Waals surface area contributed by atoms with E-state index in [9.17, 15) is 5.11 Å². The molecular weight excluding hydrogens is 262 g/mol. The number of hydrogen-bond acceptors (Lipinski definition) is 3. The zero-order chi connectivity index (χ0) is 15.8. The molecule has 0 spiro atoms. The molecule has 0 bridgehead atoms. The molecule has 3 nitrogen and oxygen atoms in total. The molecule has 21 heavy (non-hydrogen) atoms. The van der Waals surface area contributed by atoms with E-state index < -0.39 is 6.10 Å². The summed E-state index contributed by atoms with van der Waals surface area (Å²) in [5.74, 6) is 1.08. The van der Waals surface area contributed by atoms with Gasteiger partial charge in [0.1, 0.15) is 0 Å². The van der Waals surface area contributed by atoms with Gasteiger partial charge in [0, 0.05) is 12.2 Å². The number of rotatable bonds is 9. The van der Waals surface area contributed by atoms with Crippen LogP contribution in [0.2, 0.25) is 0 Å². The second-order valence-corrected chi connectivity index (χ2v) is 6.55. The van der Waals surface area contributed by atoms with Crippen LogP contribution in [-0.4, -0.2) is 30.5 Å². The van der Waals surface area contributed by atoms with Crippen LogP contribution in [0.25, 0.3) is 0 Å². The van der Waals surface area contributed by atoms with E-state index in [1.165, 1.54) is 5.56 Å². The van der Waals surface area contributed by atoms with Crippen molar-refractivity contribution in [3.63, 3.8) is 0 Å². The third kappa shape index (κ3) is 6.96. The van der Waals surface area contributed by atoms with Gasteiger partial charge in [0.25, 0.3) is 0 Å². The van der Waals surface area contributed by atoms with Crippen molar-refractivity contribution < 1.29 is 9.84 Å². The molecule has 0 saturated heterocycles. The van der Waals surface area contributed by atoms with Gasteiger partial charge in [-0.3, -0.25) is 0 Å². The average Bonchev–Trinajstić information content (AvgIpc) is 2.42. The van der Waals surface area contributed by atoms with E-state index in [-0.39, 0.29) is 6.10 Å². The van der Waals surface area contributed by atoms with E-state index in [2.05, 4.69) is 52.1 Å². The van der Waals surface area contributed by atoms with Crippen molar-refractivity contribution in [2.45, 2.75) is 59.2 Å². The molecule has 0 aliphatic rings. The first kappa shape index (κ1) is 18.0. The van der Waals surface area contributed by atoms with Crippen LogP contribution in [0, 0.1) is 5.92 Å². The van der Waals surface area contributed by atoms with Gasteiger partial charge >= 0.3 is 0 Å². The lowest BCUT2D eigenvalue weighted by Gasteiger charge is -2.20. The highest BCUT2D eigenvalue weighted by atomic mass is 16.5. The molecular formula is C18H31NO2. The molecule has 0 heterocycles. The highest BCUT2D eigenvalue weighted by Crippen LogP contribution is 2.23. The summed E-state index contributed by atoms with van der Waals surface area (Å²) in [6, 6.07) is 8.25. The third-order valence-electron chi connectivity index (χ3n) is 3.49. The van der Waals surface area contributed by atoms with E-state index in [0.717, 1.165) is 12.1 Å². The van der Waals surface area contributed by atoms with Crippen molar-refractivity contribution >= 4 is 5.69 Å². The minimum atomic E-state index is -0.486. The summed E-state index contributed by atoms with van der Waals surface area (Å²) in [7, 11) is 0. The van der Waals surface area contributed by atoms with E-state index in [1.807, 2.05) is 12.1 Å². The van der Waals surface area contributed by atoms with Crippen molar-refractivity contribution in [2.24, 2.45) is 5.92 Å². The Morgan fingerprint density at radius 3 is 2.38 bits per heavy atom. The fourth-order valence-electron chi connectivity index (χ4n) is 2.46. The number of aliphatic hydroxyl groups is 1. The first-order chi connectivity index (χ1) is 9.90. The number of anilines is 1. The van der Waals surface area contributed by atoms with Gasteiger partial charge in [-0.1, -0.05) is 45.9 Å². The van der Waals surface area contributed by atoms with Gasteiger partial charge in [0.05, 0.1) is 18.8 Å². The Morgan fingerprint density at radius 1 is 1.10 bits per heavy atom. The molecule has 0 amide bonds. The molecule has 0 saturated carbocycles. The standard InChI is InChI=1S/C18H31NO2/c1-13(2)10-15(5)21-12-16(20)11-19-18-9-7-6-8-17(18)14(3)4/h6-9,13-16,19-20H,10-12H2,1-5H3. The second-order valence-electron chi connectivity index (χ2n) is 6.55. The number of para-hydroxylation sites is 1. The Labute approximate surface area is 129 Å². The Morgan fingerprint density at radius 2 is 1.76 bits per heavy atom. The average molecular weight is 293 g/mol. The van der Waals surface area contributed by atoms with Gasteiger partial charge in [0.15, 0.2) is 0 Å². The number of benzene rings is 1. The molecule has 2 atom stereocenters. The summed E-state index contributed by atoms with van der Waals surface area (Å²) in [5.41, 5.74) is 2.38. The smallest absolute Gasteiger partial charge is 0.0945 e. The topological polar surface area (TPSA) is 41.5 Å². The fourth-order valence-corrected chi connectivity index (χ4v) is 2.46. The van der Waals surface area contributed by atoms with Crippen LogP contribution in [0.15, 0.2) is 24.3 Å². The van der Waals surface area contributed by atoms with E-state index in [1.54, 1.807) is 0 Å². The highest BCUT2D eigenvalue weighted by molar-refractivity contribution is 5.52. The van der Waals surface area contributed by atoms with Crippen LogP contribution in [0.4, 0.5) is 5.69 Å². The number of ether oxygens (including phenoxy) is 1. The lowest BCUT2D eigenvalue weighted by atomic mass is 10.0. The molecule has 120 valence electrons. The fraction of sp³-hybridized carbons (Fsp3) is 0.667. The Balaban J connectivity index is 2.38. The van der Waals surface area contributed by atoms with E-state index in [0.29, 0.717) is 25.0 Å². The second kappa shape index (κ2) is 9.06. The summed E-state index contributed by atoms with van der Waals surface area (Å²) in [5, 5.41) is 13.4. The van der Waals surface area contributed by atoms with Crippen molar-refractivity contribution in [3.05, 3.63) is 29.8 Å². The summed E-state index contributed by atoms with van der Waals surface area (Å²) in [6.07, 6.45) is 0.735. The molecule has 2 N–H and O–H groups in total. The predicted molar refractivity (Wildman–Crippen MR) is 89.9 cm³/mol. The first-order valence-corrected chi connectivity index (χ1v) is 8.02. The molecule has 3 heteroatoms. The third-order valence-corrected chi connectivity index (χ3v) is 3.49. The van der Waals surface area contributed by atoms with E-state index in [4.69, 9.17) is 4.74 Å². The maximum atomic E-state index is 10.0. The minimum absolute atomic E-state index is 0.197. The van der Waals surface area contributed by atoms with Crippen LogP contribution in [0.5, 0.6) is 0 Å². The molecule has 1 rings (SSSR count). The number of aliphatic hydroxyl groups excluding tert-OH is 1. The first-order valence-electron chi connectivity index (χ1n) is 8.02. The molecule has 1 aromatic rings. The molecule has 0 aliphatic heterocycles. The monoisotopic (exact) mass is 293 g/mol. The summed E-state index contributed by atoms with van der Waals surface area (Å²) < 4.78 is 5.69. The Bertz CT molecular complexity index is 404. The minimum Gasteiger partial charge on any atom is -0.389 e. The molecule has 2 unspecified atom stereocenters. The van der Waals surface area contributed by atoms with Gasteiger partial charge in [-0.25, -0.2) is 0 Å². The largest absolute Gasteiger partial charge is 0.389 e. The maximum absolute atomic E-state index is 10.0. The Hall–Kier alpha value is -1.06. The maximum Gasteiger partial charge on any atom is 0.0945 e. The molecule has 0 fully saturated rings. The predicted octanol–water partition coefficient (Wildman–Crippen LogP) is 4.03. The van der Waals surface area contributed by atoms with Crippen molar-refractivity contribution in [1.82, 2.24) is 0 Å². The molecule has 0 aliphatic carbocycles. The quantitative estimate of drug-likeness (QED) is 0.722. The zero-order valence-electron chi connectivity index (χ0n) is 14.1. The summed E-state index contributed by atoms with van der Waals surface area (Å²) in [6.45, 7) is 11.7. The van der Waals surface area contributed by atoms with Crippen LogP contribution in [0.1, 0.15) is 52.5 Å². The van der Waals surface area contributed by atoms with Gasteiger partial charge in [-0.2, -0.15) is 0 Å². The van der Waals surface area contributed by atoms with Gasteiger partial charge in [-0.05, 0) is 36.8 Å². The lowest BCUT2D eigenvalue weighted by molar-refractivity contribution is -0.00444. The van der Waals surface area contributed by atoms with Gasteiger partial charge in [-0.15, -0.1) is 0 Å². The molecule has 1 aromatic carbocycles. The molecule has 0 radical (unpaired) electrons. The SMILES string of the molecule is CC(C)CC(C)OCC(O)CNc1ccccc1C(C)C. The van der Waals surface area contributed by atoms with Crippen molar-refractivity contribution in [2.75, 3.05) is 18.5 Å². The van der Waals surface area contributed by atoms with Crippen molar-refractivity contribution in [3.8, 4) is 0 Å². The van der Waals surface area contributed by atoms with Crippen LogP contribution in [-0.2, 0) is 4.74 Å². The van der Waals surface area contributed by atoms with Crippen LogP contribution in [0.3, 0.4) is 0 Å². The summed E-state index contributed by atoms with van der Waals surface area (Å²) >= 11 is 0. The van der Waals surface area contributed by atoms with Gasteiger partial charge < -0.3 is 15.2 Å². The number of hydrogen-bond donors (Lipinski definition) is 2. The van der Waals surface area contributed by atoms with Crippen molar-refractivity contribution in [1.29, 1.82) is 0 Å². The highest BCUT2D eigenvalue weighted by Gasteiger charge is 2.11. The lowest BCUT2D eigenvalue weighted by Crippen LogP contribution is -2.27. The normalized spacial score (nSPS) is 14.5.